The van der Waals surface area contributed by atoms with E-state index in [-0.39, 0.29) is 11.7 Å². The highest BCUT2D eigenvalue weighted by molar-refractivity contribution is 5.93. The van der Waals surface area contributed by atoms with E-state index in [1.54, 1.807) is 29.9 Å². The monoisotopic (exact) mass is 384 g/mol. The van der Waals surface area contributed by atoms with E-state index in [1.807, 2.05) is 0 Å². The van der Waals surface area contributed by atoms with E-state index in [9.17, 15) is 9.18 Å². The minimum Gasteiger partial charge on any atom is -0.350 e. The number of nitrogens with zero attached hydrogens (tertiary/aromatic N) is 3. The summed E-state index contributed by atoms with van der Waals surface area (Å²) in [5.41, 5.74) is 2.01. The third-order valence-electron chi connectivity index (χ3n) is 6.29. The van der Waals surface area contributed by atoms with Crippen molar-refractivity contribution in [1.29, 1.82) is 0 Å². The van der Waals surface area contributed by atoms with Crippen molar-refractivity contribution < 1.29 is 9.18 Å². The Labute approximate surface area is 165 Å². The Kier molecular flexibility index (Phi) is 5.76. The molecule has 1 aliphatic carbocycles. The molecule has 6 heteroatoms. The lowest BCUT2D eigenvalue weighted by molar-refractivity contribution is 0.0915. The first-order chi connectivity index (χ1) is 13.6. The van der Waals surface area contributed by atoms with Crippen LogP contribution in [0.2, 0.25) is 0 Å². The molecule has 28 heavy (non-hydrogen) atoms. The van der Waals surface area contributed by atoms with Crippen molar-refractivity contribution in [1.82, 2.24) is 20.0 Å². The molecule has 1 N–H and O–H groups in total. The third-order valence-corrected chi connectivity index (χ3v) is 6.29. The molecule has 150 valence electrons. The van der Waals surface area contributed by atoms with Crippen LogP contribution in [-0.2, 0) is 7.05 Å². The summed E-state index contributed by atoms with van der Waals surface area (Å²) in [6.45, 7) is 3.03. The first-order valence-electron chi connectivity index (χ1n) is 10.4. The molecule has 1 aromatic carbocycles. The number of amides is 1. The molecule has 1 amide bonds. The van der Waals surface area contributed by atoms with Crippen molar-refractivity contribution in [3.05, 3.63) is 41.8 Å². The van der Waals surface area contributed by atoms with Gasteiger partial charge in [0.2, 0.25) is 0 Å². The van der Waals surface area contributed by atoms with Crippen LogP contribution in [0.3, 0.4) is 0 Å². The number of nitrogens with one attached hydrogen (secondary N) is 1. The lowest BCUT2D eigenvalue weighted by Crippen LogP contribution is -2.42. The fraction of sp³-hybridized carbons (Fsp3) is 0.545. The number of aromatic nitrogens is 2. The SMILES string of the molecule is Cn1nc(-c2ccc(F)cc2)cc1C(=O)NCC1CCN(C2CCCC2)CC1. The topological polar surface area (TPSA) is 50.2 Å². The van der Waals surface area contributed by atoms with Gasteiger partial charge in [-0.05, 0) is 75.0 Å². The summed E-state index contributed by atoms with van der Waals surface area (Å²) >= 11 is 0. The van der Waals surface area contributed by atoms with E-state index in [0.29, 0.717) is 23.9 Å². The Morgan fingerprint density at radius 2 is 1.82 bits per heavy atom. The van der Waals surface area contributed by atoms with E-state index < -0.39 is 0 Å². The molecular weight excluding hydrogens is 355 g/mol. The second-order valence-electron chi connectivity index (χ2n) is 8.17. The number of benzene rings is 1. The number of halogens is 1. The quantitative estimate of drug-likeness (QED) is 0.857. The van der Waals surface area contributed by atoms with Gasteiger partial charge in [0.1, 0.15) is 11.5 Å². The summed E-state index contributed by atoms with van der Waals surface area (Å²) in [4.78, 5) is 15.3. The van der Waals surface area contributed by atoms with E-state index >= 15 is 0 Å². The summed E-state index contributed by atoms with van der Waals surface area (Å²) in [7, 11) is 1.77. The largest absolute Gasteiger partial charge is 0.350 e. The number of likely N-dealkylation sites (tertiary alicyclic amines) is 1. The van der Waals surface area contributed by atoms with Crippen LogP contribution in [0.15, 0.2) is 30.3 Å². The zero-order valence-electron chi connectivity index (χ0n) is 16.5. The molecule has 2 aliphatic rings. The van der Waals surface area contributed by atoms with Crippen LogP contribution in [0.1, 0.15) is 49.0 Å². The Morgan fingerprint density at radius 3 is 2.50 bits per heavy atom. The van der Waals surface area contributed by atoms with Crippen molar-refractivity contribution in [3.8, 4) is 11.3 Å². The van der Waals surface area contributed by atoms with E-state index in [1.165, 1.54) is 37.8 Å². The van der Waals surface area contributed by atoms with Crippen molar-refractivity contribution in [2.24, 2.45) is 13.0 Å². The van der Waals surface area contributed by atoms with Crippen LogP contribution >= 0.6 is 0 Å². The van der Waals surface area contributed by atoms with Crippen LogP contribution in [0.4, 0.5) is 4.39 Å². The first-order valence-corrected chi connectivity index (χ1v) is 10.4. The van der Waals surface area contributed by atoms with Crippen LogP contribution < -0.4 is 5.32 Å². The number of carbonyl (C=O) groups excluding carboxylic acids is 1. The molecule has 0 bridgehead atoms. The maximum absolute atomic E-state index is 13.1. The van der Waals surface area contributed by atoms with E-state index in [4.69, 9.17) is 0 Å². The van der Waals surface area contributed by atoms with Crippen LogP contribution in [-0.4, -0.2) is 46.3 Å². The maximum Gasteiger partial charge on any atom is 0.269 e. The molecule has 2 heterocycles. The Hall–Kier alpha value is -2.21. The lowest BCUT2D eigenvalue weighted by Gasteiger charge is -2.36. The first kappa shape index (κ1) is 19.1. The van der Waals surface area contributed by atoms with Gasteiger partial charge in [-0.1, -0.05) is 12.8 Å². The normalized spacial score (nSPS) is 19.2. The molecule has 0 radical (unpaired) electrons. The fourth-order valence-corrected chi connectivity index (χ4v) is 4.56. The van der Waals surface area contributed by atoms with Crippen LogP contribution in [0, 0.1) is 11.7 Å². The van der Waals surface area contributed by atoms with E-state index in [2.05, 4.69) is 15.3 Å². The molecule has 0 spiro atoms. The van der Waals surface area contributed by atoms with Gasteiger partial charge in [-0.25, -0.2) is 4.39 Å². The van der Waals surface area contributed by atoms with Gasteiger partial charge in [0.15, 0.2) is 0 Å². The Bertz CT molecular complexity index is 802. The molecule has 1 saturated heterocycles. The molecule has 4 rings (SSSR count). The van der Waals surface area contributed by atoms with Crippen LogP contribution in [0.5, 0.6) is 0 Å². The molecule has 5 nitrogen and oxygen atoms in total. The summed E-state index contributed by atoms with van der Waals surface area (Å²) in [5.74, 6) is 0.171. The molecule has 0 atom stereocenters. The van der Waals surface area contributed by atoms with Gasteiger partial charge in [0, 0.05) is 25.2 Å². The van der Waals surface area contributed by atoms with Gasteiger partial charge in [-0.15, -0.1) is 0 Å². The van der Waals surface area contributed by atoms with Gasteiger partial charge in [-0.3, -0.25) is 9.48 Å². The average molecular weight is 384 g/mol. The molecule has 2 aromatic rings. The zero-order valence-corrected chi connectivity index (χ0v) is 16.5. The number of piperidine rings is 1. The minimum absolute atomic E-state index is 0.0958. The third kappa shape index (κ3) is 4.27. The predicted molar refractivity (Wildman–Crippen MR) is 107 cm³/mol. The highest BCUT2D eigenvalue weighted by Crippen LogP contribution is 2.27. The fourth-order valence-electron chi connectivity index (χ4n) is 4.56. The molecule has 0 unspecified atom stereocenters. The molecule has 1 saturated carbocycles. The second kappa shape index (κ2) is 8.43. The standard InChI is InChI=1S/C22H29FN4O/c1-26-21(14-20(25-26)17-6-8-18(23)9-7-17)22(28)24-15-16-10-12-27(13-11-16)19-4-2-3-5-19/h6-9,14,16,19H,2-5,10-13,15H2,1H3,(H,24,28). The number of hydrogen-bond acceptors (Lipinski definition) is 3. The predicted octanol–water partition coefficient (Wildman–Crippen LogP) is 3.61. The van der Waals surface area contributed by atoms with Gasteiger partial charge in [0.05, 0.1) is 5.69 Å². The number of aryl methyl sites for hydroxylation is 1. The maximum atomic E-state index is 13.1. The van der Waals surface area contributed by atoms with Crippen LogP contribution in [0.25, 0.3) is 11.3 Å². The smallest absolute Gasteiger partial charge is 0.269 e. The number of rotatable bonds is 5. The molecule has 1 aromatic heterocycles. The summed E-state index contributed by atoms with van der Waals surface area (Å²) in [6.07, 6.45) is 7.79. The van der Waals surface area contributed by atoms with E-state index in [0.717, 1.165) is 37.5 Å². The number of hydrogen-bond donors (Lipinski definition) is 1. The second-order valence-corrected chi connectivity index (χ2v) is 8.17. The van der Waals surface area contributed by atoms with Crippen molar-refractivity contribution in [3.63, 3.8) is 0 Å². The van der Waals surface area contributed by atoms with Crippen molar-refractivity contribution in [2.75, 3.05) is 19.6 Å². The highest BCUT2D eigenvalue weighted by Gasteiger charge is 2.27. The molecule has 1 aliphatic heterocycles. The minimum atomic E-state index is -0.281. The Morgan fingerprint density at radius 1 is 1.14 bits per heavy atom. The molecule has 2 fully saturated rings. The van der Waals surface area contributed by atoms with Gasteiger partial charge < -0.3 is 10.2 Å². The summed E-state index contributed by atoms with van der Waals surface area (Å²) < 4.78 is 14.7. The molecular formula is C22H29FN4O. The zero-order chi connectivity index (χ0) is 19.5. The lowest BCUT2D eigenvalue weighted by atomic mass is 9.95. The summed E-state index contributed by atoms with van der Waals surface area (Å²) in [5, 5.41) is 7.50. The van der Waals surface area contributed by atoms with Gasteiger partial charge in [0.25, 0.3) is 5.91 Å². The van der Waals surface area contributed by atoms with Crippen molar-refractivity contribution >= 4 is 5.91 Å². The summed E-state index contributed by atoms with van der Waals surface area (Å²) in [6, 6.07) is 8.73. The Balaban J connectivity index is 1.30. The van der Waals surface area contributed by atoms with Gasteiger partial charge >= 0.3 is 0 Å². The van der Waals surface area contributed by atoms with Crippen molar-refractivity contribution in [2.45, 2.75) is 44.6 Å². The number of carbonyl (C=O) groups is 1. The van der Waals surface area contributed by atoms with Gasteiger partial charge in [-0.2, -0.15) is 5.10 Å². The highest BCUT2D eigenvalue weighted by atomic mass is 19.1. The average Bonchev–Trinajstić information content (AvgIpc) is 3.37.